The van der Waals surface area contributed by atoms with Crippen LogP contribution in [0, 0.1) is 0 Å². The van der Waals surface area contributed by atoms with E-state index in [0.29, 0.717) is 5.82 Å². The summed E-state index contributed by atoms with van der Waals surface area (Å²) in [5.41, 5.74) is 14.6. The Bertz CT molecular complexity index is 3230. The smallest absolute Gasteiger partial charge is 0.160 e. The fraction of sp³-hybridized carbons (Fsp3) is 0. The predicted molar refractivity (Wildman–Crippen MR) is 229 cm³/mol. The van der Waals surface area contributed by atoms with Gasteiger partial charge in [-0.15, -0.1) is 0 Å². The number of aromatic nitrogens is 2. The Morgan fingerprint density at radius 2 is 0.821 bits per heavy atom. The lowest BCUT2D eigenvalue weighted by atomic mass is 9.93. The van der Waals surface area contributed by atoms with E-state index >= 15 is 0 Å². The van der Waals surface area contributed by atoms with E-state index in [4.69, 9.17) is 18.8 Å². The molecule has 4 heteroatoms. The van der Waals surface area contributed by atoms with Crippen molar-refractivity contribution >= 4 is 43.9 Å². The molecule has 0 amide bonds. The summed E-state index contributed by atoms with van der Waals surface area (Å²) in [7, 11) is 0. The Balaban J connectivity index is 1.05. The van der Waals surface area contributed by atoms with Gasteiger partial charge in [-0.1, -0.05) is 170 Å². The van der Waals surface area contributed by atoms with Gasteiger partial charge < -0.3 is 8.83 Å². The summed E-state index contributed by atoms with van der Waals surface area (Å²) in [6, 6.07) is 67.1. The van der Waals surface area contributed by atoms with E-state index in [2.05, 4.69) is 146 Å². The van der Waals surface area contributed by atoms with Crippen molar-refractivity contribution in [3.8, 4) is 67.3 Å². The van der Waals surface area contributed by atoms with Gasteiger partial charge in [0.25, 0.3) is 0 Å². The molecule has 56 heavy (non-hydrogen) atoms. The molecule has 0 fully saturated rings. The van der Waals surface area contributed by atoms with E-state index in [9.17, 15) is 0 Å². The van der Waals surface area contributed by atoms with E-state index in [1.807, 2.05) is 48.5 Å². The van der Waals surface area contributed by atoms with E-state index in [-0.39, 0.29) is 0 Å². The molecule has 11 aromatic rings. The number of fused-ring (bicyclic) bond motifs is 6. The molecule has 0 spiro atoms. The van der Waals surface area contributed by atoms with Crippen molar-refractivity contribution in [2.45, 2.75) is 0 Å². The maximum atomic E-state index is 6.71. The number of furan rings is 2. The Morgan fingerprint density at radius 3 is 1.61 bits per heavy atom. The van der Waals surface area contributed by atoms with E-state index in [1.165, 1.54) is 0 Å². The minimum Gasteiger partial charge on any atom is -0.455 e. The van der Waals surface area contributed by atoms with Crippen LogP contribution in [0.2, 0.25) is 0 Å². The van der Waals surface area contributed by atoms with Crippen molar-refractivity contribution in [1.29, 1.82) is 0 Å². The Labute approximate surface area is 323 Å². The molecule has 0 unspecified atom stereocenters. The van der Waals surface area contributed by atoms with Gasteiger partial charge in [0.1, 0.15) is 22.3 Å². The number of para-hydroxylation sites is 3. The molecule has 3 heterocycles. The monoisotopic (exact) mass is 716 g/mol. The van der Waals surface area contributed by atoms with Gasteiger partial charge in [-0.05, 0) is 46.5 Å². The molecule has 11 rings (SSSR count). The minimum absolute atomic E-state index is 0.670. The van der Waals surface area contributed by atoms with Crippen molar-refractivity contribution in [2.75, 3.05) is 0 Å². The van der Waals surface area contributed by atoms with E-state index in [0.717, 1.165) is 105 Å². The molecule has 0 saturated heterocycles. The Morgan fingerprint density at radius 1 is 0.304 bits per heavy atom. The van der Waals surface area contributed by atoms with Gasteiger partial charge in [0.05, 0.1) is 11.4 Å². The maximum absolute atomic E-state index is 6.71. The molecule has 0 bridgehead atoms. The molecule has 0 saturated carbocycles. The molecule has 0 N–H and O–H groups in total. The van der Waals surface area contributed by atoms with Crippen molar-refractivity contribution in [3.05, 3.63) is 194 Å². The lowest BCUT2D eigenvalue weighted by molar-refractivity contribution is 0.665. The highest BCUT2D eigenvalue weighted by Crippen LogP contribution is 2.45. The van der Waals surface area contributed by atoms with E-state index in [1.54, 1.807) is 0 Å². The summed E-state index contributed by atoms with van der Waals surface area (Å²) in [5.74, 6) is 0.670. The van der Waals surface area contributed by atoms with E-state index < -0.39 is 0 Å². The molecule has 0 aliphatic heterocycles. The van der Waals surface area contributed by atoms with Crippen molar-refractivity contribution in [3.63, 3.8) is 0 Å². The fourth-order valence-corrected chi connectivity index (χ4v) is 8.09. The zero-order chi connectivity index (χ0) is 37.0. The third kappa shape index (κ3) is 5.31. The molecule has 0 aliphatic rings. The Hall–Kier alpha value is -7.56. The van der Waals surface area contributed by atoms with Crippen LogP contribution in [0.5, 0.6) is 0 Å². The molecule has 8 aromatic carbocycles. The molecular formula is C52H32N2O2. The van der Waals surface area contributed by atoms with Gasteiger partial charge in [0.15, 0.2) is 5.82 Å². The van der Waals surface area contributed by atoms with Crippen LogP contribution in [0.25, 0.3) is 111 Å². The molecule has 262 valence electrons. The van der Waals surface area contributed by atoms with Crippen LogP contribution < -0.4 is 0 Å². The lowest BCUT2D eigenvalue weighted by Crippen LogP contribution is -1.97. The zero-order valence-corrected chi connectivity index (χ0v) is 30.2. The van der Waals surface area contributed by atoms with Gasteiger partial charge >= 0.3 is 0 Å². The van der Waals surface area contributed by atoms with Crippen LogP contribution >= 0.6 is 0 Å². The maximum Gasteiger partial charge on any atom is 0.160 e. The summed E-state index contributed by atoms with van der Waals surface area (Å²) in [4.78, 5) is 10.4. The quantitative estimate of drug-likeness (QED) is 0.172. The van der Waals surface area contributed by atoms with Crippen LogP contribution in [0.3, 0.4) is 0 Å². The van der Waals surface area contributed by atoms with Crippen LogP contribution in [0.4, 0.5) is 0 Å². The lowest BCUT2D eigenvalue weighted by Gasteiger charge is -2.13. The second-order valence-electron chi connectivity index (χ2n) is 14.1. The average Bonchev–Trinajstić information content (AvgIpc) is 3.86. The van der Waals surface area contributed by atoms with Gasteiger partial charge in [0, 0.05) is 49.4 Å². The highest BCUT2D eigenvalue weighted by atomic mass is 16.3. The zero-order valence-electron chi connectivity index (χ0n) is 30.2. The predicted octanol–water partition coefficient (Wildman–Crippen LogP) is 14.3. The summed E-state index contributed by atoms with van der Waals surface area (Å²) in [6.07, 6.45) is 0. The number of rotatable bonds is 6. The average molecular weight is 717 g/mol. The van der Waals surface area contributed by atoms with Crippen LogP contribution in [0.15, 0.2) is 203 Å². The topological polar surface area (TPSA) is 52.1 Å². The highest BCUT2D eigenvalue weighted by Gasteiger charge is 2.21. The first kappa shape index (κ1) is 31.9. The fourth-order valence-electron chi connectivity index (χ4n) is 8.09. The number of benzene rings is 8. The SMILES string of the molecule is c1ccc(-c2cc(-c3ccccc3-c3ccccc3)nc(-c3ccc(-c4ccc(-c5cccc6c5oc5ccccc56)c5oc6ccccc6c45)cc3)n2)cc1. The molecular weight excluding hydrogens is 685 g/mol. The Kier molecular flexibility index (Phi) is 7.46. The normalized spacial score (nSPS) is 11.6. The number of nitrogens with zero attached hydrogens (tertiary/aromatic N) is 2. The van der Waals surface area contributed by atoms with Gasteiger partial charge in [-0.2, -0.15) is 0 Å². The van der Waals surface area contributed by atoms with Gasteiger partial charge in [-0.3, -0.25) is 0 Å². The first-order chi connectivity index (χ1) is 27.8. The second-order valence-corrected chi connectivity index (χ2v) is 14.1. The largest absolute Gasteiger partial charge is 0.455 e. The van der Waals surface area contributed by atoms with Crippen molar-refractivity contribution in [1.82, 2.24) is 9.97 Å². The van der Waals surface area contributed by atoms with Gasteiger partial charge in [-0.25, -0.2) is 9.97 Å². The molecule has 4 nitrogen and oxygen atoms in total. The third-order valence-corrected chi connectivity index (χ3v) is 10.8. The number of hydrogen-bond acceptors (Lipinski definition) is 4. The molecule has 0 aliphatic carbocycles. The standard InChI is InChI=1S/C52H32N2O2/c1-3-14-33(15-4-1)37-18-7-8-19-39(37)46-32-45(35-16-5-2-6-17-35)53-52(54-46)36-28-26-34(27-29-36)38-30-31-43(51-49(38)44-21-10-12-25-48(44)56-51)42-23-13-22-41-40-20-9-11-24-47(40)55-50(41)42/h1-32H. The second kappa shape index (κ2) is 13.1. The van der Waals surface area contributed by atoms with Gasteiger partial charge in [0.2, 0.25) is 0 Å². The van der Waals surface area contributed by atoms with Crippen LogP contribution in [0.1, 0.15) is 0 Å². The molecule has 0 atom stereocenters. The molecule has 3 aromatic heterocycles. The number of hydrogen-bond donors (Lipinski definition) is 0. The first-order valence-corrected chi connectivity index (χ1v) is 18.8. The summed E-state index contributed by atoms with van der Waals surface area (Å²) in [5, 5.41) is 4.34. The first-order valence-electron chi connectivity index (χ1n) is 18.8. The third-order valence-electron chi connectivity index (χ3n) is 10.8. The highest BCUT2D eigenvalue weighted by molar-refractivity contribution is 6.18. The van der Waals surface area contributed by atoms with Crippen LogP contribution in [-0.2, 0) is 0 Å². The minimum atomic E-state index is 0.670. The van der Waals surface area contributed by atoms with Crippen molar-refractivity contribution in [2.24, 2.45) is 0 Å². The van der Waals surface area contributed by atoms with Crippen LogP contribution in [-0.4, -0.2) is 9.97 Å². The summed E-state index contributed by atoms with van der Waals surface area (Å²) < 4.78 is 13.2. The summed E-state index contributed by atoms with van der Waals surface area (Å²) in [6.45, 7) is 0. The summed E-state index contributed by atoms with van der Waals surface area (Å²) >= 11 is 0. The van der Waals surface area contributed by atoms with Crippen molar-refractivity contribution < 1.29 is 8.83 Å². The molecule has 0 radical (unpaired) electrons.